The normalized spacial score (nSPS) is 28.2. The fourth-order valence-electron chi connectivity index (χ4n) is 3.92. The highest BCUT2D eigenvalue weighted by atomic mass is 32.1. The number of esters is 1. The predicted octanol–water partition coefficient (Wildman–Crippen LogP) is 3.86. The highest BCUT2D eigenvalue weighted by Crippen LogP contribution is 2.35. The number of para-hydroxylation sites is 1. The Morgan fingerprint density at radius 2 is 1.93 bits per heavy atom. The minimum Gasteiger partial charge on any atom is -0.496 e. The van der Waals surface area contributed by atoms with Crippen LogP contribution in [-0.2, 0) is 9.53 Å². The van der Waals surface area contributed by atoms with E-state index in [4.69, 9.17) is 21.7 Å². The van der Waals surface area contributed by atoms with Crippen molar-refractivity contribution in [1.29, 1.82) is 0 Å². The number of thiocarbonyl (C=S) groups is 1. The maximum Gasteiger partial charge on any atom is 0.338 e. The number of rotatable bonds is 4. The zero-order valence-electron chi connectivity index (χ0n) is 16.4. The molecule has 0 unspecified atom stereocenters. The standard InChI is InChI=1S/C21H28N2O3S/c1-12-9-10-15(11-13(12)2)26-20(24)18-14(3)22-21(27)23-19(18)16-7-5-6-8-17(16)25-4/h5-8,12-13,15,19H,9-11H2,1-4H3,(H2,22,23,27)/t12-,13-,15+,19+/m0/s1. The average molecular weight is 389 g/mol. The highest BCUT2D eigenvalue weighted by molar-refractivity contribution is 7.80. The molecule has 0 radical (unpaired) electrons. The van der Waals surface area contributed by atoms with Crippen LogP contribution in [0.4, 0.5) is 0 Å². The summed E-state index contributed by atoms with van der Waals surface area (Å²) in [6.45, 7) is 6.36. The molecule has 1 fully saturated rings. The molecular formula is C21H28N2O3S. The first-order valence-corrected chi connectivity index (χ1v) is 9.93. The number of hydrogen-bond donors (Lipinski definition) is 2. The van der Waals surface area contributed by atoms with E-state index in [9.17, 15) is 4.79 Å². The molecule has 146 valence electrons. The van der Waals surface area contributed by atoms with Crippen molar-refractivity contribution in [3.05, 3.63) is 41.1 Å². The molecular weight excluding hydrogens is 360 g/mol. The quantitative estimate of drug-likeness (QED) is 0.603. The fourth-order valence-corrected chi connectivity index (χ4v) is 4.19. The number of hydrogen-bond acceptors (Lipinski definition) is 4. The summed E-state index contributed by atoms with van der Waals surface area (Å²) in [5.41, 5.74) is 2.14. The van der Waals surface area contributed by atoms with Crippen molar-refractivity contribution in [2.75, 3.05) is 7.11 Å². The minimum absolute atomic E-state index is 0.0313. The van der Waals surface area contributed by atoms with Gasteiger partial charge in [0, 0.05) is 11.3 Å². The second-order valence-corrected chi connectivity index (χ2v) is 8.02. The first-order valence-electron chi connectivity index (χ1n) is 9.52. The average Bonchev–Trinajstić information content (AvgIpc) is 2.64. The molecule has 1 heterocycles. The Bertz CT molecular complexity index is 762. The Hall–Kier alpha value is -2.08. The van der Waals surface area contributed by atoms with Crippen molar-refractivity contribution in [1.82, 2.24) is 10.6 Å². The molecule has 6 heteroatoms. The summed E-state index contributed by atoms with van der Waals surface area (Å²) in [6, 6.07) is 7.25. The first-order chi connectivity index (χ1) is 12.9. The zero-order chi connectivity index (χ0) is 19.6. The van der Waals surface area contributed by atoms with Gasteiger partial charge in [-0.05, 0) is 56.3 Å². The Morgan fingerprint density at radius 3 is 2.63 bits per heavy atom. The van der Waals surface area contributed by atoms with Crippen LogP contribution >= 0.6 is 12.2 Å². The molecule has 1 aromatic carbocycles. The van der Waals surface area contributed by atoms with Gasteiger partial charge < -0.3 is 20.1 Å². The summed E-state index contributed by atoms with van der Waals surface area (Å²) < 4.78 is 11.4. The van der Waals surface area contributed by atoms with Crippen LogP contribution in [0.1, 0.15) is 51.6 Å². The van der Waals surface area contributed by atoms with E-state index in [-0.39, 0.29) is 12.1 Å². The molecule has 5 nitrogen and oxygen atoms in total. The molecule has 1 aromatic rings. The van der Waals surface area contributed by atoms with Crippen LogP contribution in [0, 0.1) is 11.8 Å². The van der Waals surface area contributed by atoms with Gasteiger partial charge in [0.15, 0.2) is 5.11 Å². The van der Waals surface area contributed by atoms with E-state index in [1.54, 1.807) is 7.11 Å². The number of carbonyl (C=O) groups excluding carboxylic acids is 1. The maximum absolute atomic E-state index is 13.1. The van der Waals surface area contributed by atoms with Crippen LogP contribution in [0.25, 0.3) is 0 Å². The lowest BCUT2D eigenvalue weighted by molar-refractivity contribution is -0.147. The molecule has 0 aromatic heterocycles. The highest BCUT2D eigenvalue weighted by Gasteiger charge is 2.35. The topological polar surface area (TPSA) is 59.6 Å². The van der Waals surface area contributed by atoms with Crippen LogP contribution < -0.4 is 15.4 Å². The van der Waals surface area contributed by atoms with Crippen molar-refractivity contribution in [2.24, 2.45) is 11.8 Å². The van der Waals surface area contributed by atoms with E-state index in [0.29, 0.717) is 28.3 Å². The number of allylic oxidation sites excluding steroid dienone is 1. The molecule has 4 atom stereocenters. The minimum atomic E-state index is -0.401. The van der Waals surface area contributed by atoms with Gasteiger partial charge in [0.25, 0.3) is 0 Å². The van der Waals surface area contributed by atoms with E-state index in [1.807, 2.05) is 31.2 Å². The Kier molecular flexibility index (Phi) is 6.05. The molecule has 1 aliphatic heterocycles. The number of methoxy groups -OCH3 is 1. The third kappa shape index (κ3) is 4.26. The van der Waals surface area contributed by atoms with E-state index < -0.39 is 6.04 Å². The van der Waals surface area contributed by atoms with Crippen LogP contribution in [0.2, 0.25) is 0 Å². The summed E-state index contributed by atoms with van der Waals surface area (Å²) in [6.07, 6.45) is 2.89. The second-order valence-electron chi connectivity index (χ2n) is 7.61. The van der Waals surface area contributed by atoms with Gasteiger partial charge >= 0.3 is 5.97 Å². The first kappa shape index (κ1) is 19.7. The molecule has 1 saturated carbocycles. The van der Waals surface area contributed by atoms with Gasteiger partial charge in [-0.2, -0.15) is 0 Å². The predicted molar refractivity (Wildman–Crippen MR) is 109 cm³/mol. The van der Waals surface area contributed by atoms with Crippen LogP contribution in [0.5, 0.6) is 5.75 Å². The van der Waals surface area contributed by atoms with Gasteiger partial charge in [0.1, 0.15) is 11.9 Å². The monoisotopic (exact) mass is 388 g/mol. The lowest BCUT2D eigenvalue weighted by Gasteiger charge is -2.34. The van der Waals surface area contributed by atoms with E-state index >= 15 is 0 Å². The van der Waals surface area contributed by atoms with Crippen LogP contribution in [0.3, 0.4) is 0 Å². The van der Waals surface area contributed by atoms with Gasteiger partial charge in [0.2, 0.25) is 0 Å². The molecule has 0 saturated heterocycles. The summed E-state index contributed by atoms with van der Waals surface area (Å²) in [5.74, 6) is 1.65. The summed E-state index contributed by atoms with van der Waals surface area (Å²) in [4.78, 5) is 13.1. The molecule has 1 aliphatic carbocycles. The maximum atomic E-state index is 13.1. The molecule has 2 aliphatic rings. The van der Waals surface area contributed by atoms with Crippen molar-refractivity contribution < 1.29 is 14.3 Å². The molecule has 0 amide bonds. The number of nitrogens with one attached hydrogen (secondary N) is 2. The van der Waals surface area contributed by atoms with Gasteiger partial charge in [-0.15, -0.1) is 0 Å². The number of carbonyl (C=O) groups is 1. The van der Waals surface area contributed by atoms with Gasteiger partial charge in [-0.1, -0.05) is 32.0 Å². The van der Waals surface area contributed by atoms with Crippen LogP contribution in [0.15, 0.2) is 35.5 Å². The zero-order valence-corrected chi connectivity index (χ0v) is 17.2. The van der Waals surface area contributed by atoms with Crippen molar-refractivity contribution in [3.63, 3.8) is 0 Å². The number of ether oxygens (including phenoxy) is 2. The number of benzene rings is 1. The second kappa shape index (κ2) is 8.30. The summed E-state index contributed by atoms with van der Waals surface area (Å²) >= 11 is 5.32. The smallest absolute Gasteiger partial charge is 0.338 e. The van der Waals surface area contributed by atoms with Gasteiger partial charge in [0.05, 0.1) is 18.7 Å². The molecule has 0 bridgehead atoms. The Labute approximate surface area is 166 Å². The lowest BCUT2D eigenvalue weighted by Crippen LogP contribution is -2.45. The Morgan fingerprint density at radius 1 is 1.19 bits per heavy atom. The molecule has 2 N–H and O–H groups in total. The van der Waals surface area contributed by atoms with Crippen molar-refractivity contribution in [3.8, 4) is 5.75 Å². The van der Waals surface area contributed by atoms with E-state index in [2.05, 4.69) is 24.5 Å². The lowest BCUT2D eigenvalue weighted by atomic mass is 9.80. The molecule has 27 heavy (non-hydrogen) atoms. The fraction of sp³-hybridized carbons (Fsp3) is 0.524. The molecule has 0 spiro atoms. The Balaban J connectivity index is 1.87. The summed E-state index contributed by atoms with van der Waals surface area (Å²) in [7, 11) is 1.62. The van der Waals surface area contributed by atoms with Gasteiger partial charge in [-0.3, -0.25) is 0 Å². The van der Waals surface area contributed by atoms with Crippen molar-refractivity contribution in [2.45, 2.75) is 52.2 Å². The van der Waals surface area contributed by atoms with Crippen molar-refractivity contribution >= 4 is 23.3 Å². The van der Waals surface area contributed by atoms with E-state index in [0.717, 1.165) is 30.5 Å². The SMILES string of the molecule is COc1ccccc1[C@H]1NC(=S)NC(C)=C1C(=O)O[C@@H]1CC[C@H](C)[C@@H](C)C1. The van der Waals surface area contributed by atoms with E-state index in [1.165, 1.54) is 0 Å². The third-order valence-electron chi connectivity index (χ3n) is 5.76. The summed E-state index contributed by atoms with van der Waals surface area (Å²) in [5, 5.41) is 6.75. The van der Waals surface area contributed by atoms with Crippen LogP contribution in [-0.4, -0.2) is 24.3 Å². The third-order valence-corrected chi connectivity index (χ3v) is 5.98. The largest absolute Gasteiger partial charge is 0.496 e. The molecule has 3 rings (SSSR count). The van der Waals surface area contributed by atoms with Gasteiger partial charge in [-0.25, -0.2) is 4.79 Å².